The van der Waals surface area contributed by atoms with Crippen LogP contribution in [0.5, 0.6) is 0 Å². The summed E-state index contributed by atoms with van der Waals surface area (Å²) in [5.74, 6) is 1.78. The van der Waals surface area contributed by atoms with Crippen LogP contribution in [-0.4, -0.2) is 6.18 Å². The lowest BCUT2D eigenvalue weighted by molar-refractivity contribution is -0.123. The minimum Gasteiger partial charge on any atom is -0.170 e. The summed E-state index contributed by atoms with van der Waals surface area (Å²) in [6, 6.07) is 0. The van der Waals surface area contributed by atoms with Crippen molar-refractivity contribution >= 4 is 12.6 Å². The monoisotopic (exact) mass is 140 g/mol. The second kappa shape index (κ2) is 2.88. The van der Waals surface area contributed by atoms with Crippen molar-refractivity contribution in [2.75, 3.05) is 0 Å². The van der Waals surface area contributed by atoms with Crippen LogP contribution in [0, 0.1) is 11.2 Å². The Morgan fingerprint density at radius 3 is 2.00 bits per heavy atom. The first-order valence-corrected chi connectivity index (χ1v) is 2.19. The Bertz CT molecular complexity index is 115. The van der Waals surface area contributed by atoms with Crippen molar-refractivity contribution in [2.45, 2.75) is 12.6 Å². The molecular weight excluding hydrogens is 137 g/mol. The Balaban J connectivity index is 3.50. The van der Waals surface area contributed by atoms with E-state index < -0.39 is 12.6 Å². The lowest BCUT2D eigenvalue weighted by Crippen LogP contribution is -2.04. The van der Waals surface area contributed by atoms with Crippen molar-refractivity contribution in [3.8, 4) is 11.2 Å². The van der Waals surface area contributed by atoms with E-state index in [-0.39, 0.29) is 0 Å². The molecule has 0 nitrogen and oxygen atoms in total. The van der Waals surface area contributed by atoms with Crippen LogP contribution >= 0.6 is 12.6 Å². The quantitative estimate of drug-likeness (QED) is 0.385. The van der Waals surface area contributed by atoms with Gasteiger partial charge < -0.3 is 0 Å². The van der Waals surface area contributed by atoms with E-state index in [2.05, 4.69) is 12.6 Å². The number of thiol groups is 1. The van der Waals surface area contributed by atoms with Gasteiger partial charge in [0.1, 0.15) is 6.42 Å². The van der Waals surface area contributed by atoms with E-state index in [4.69, 9.17) is 0 Å². The summed E-state index contributed by atoms with van der Waals surface area (Å²) in [7, 11) is 0. The molecule has 46 valence electrons. The molecule has 0 bridgehead atoms. The second-order valence-corrected chi connectivity index (χ2v) is 1.30. The fourth-order valence-corrected chi connectivity index (χ4v) is 0.219. The third kappa shape index (κ3) is 5.70. The molecule has 8 heavy (non-hydrogen) atoms. The van der Waals surface area contributed by atoms with Crippen LogP contribution in [0.4, 0.5) is 13.2 Å². The first-order chi connectivity index (χ1) is 3.56. The zero-order valence-corrected chi connectivity index (χ0v) is 4.68. The molecule has 0 saturated carbocycles. The molecule has 0 radical (unpaired) electrons. The van der Waals surface area contributed by atoms with Crippen molar-refractivity contribution in [1.29, 1.82) is 0 Å². The third-order valence-electron chi connectivity index (χ3n) is 0.368. The van der Waals surface area contributed by atoms with Crippen LogP contribution in [0.1, 0.15) is 6.42 Å². The molecule has 0 amide bonds. The summed E-state index contributed by atoms with van der Waals surface area (Å²) in [5, 5.41) is 1.85. The Labute approximate surface area is 50.5 Å². The molecule has 0 aliphatic heterocycles. The molecule has 0 aromatic rings. The third-order valence-corrected chi connectivity index (χ3v) is 0.526. The summed E-state index contributed by atoms with van der Waals surface area (Å²) < 4.78 is 33.3. The van der Waals surface area contributed by atoms with E-state index in [1.165, 1.54) is 0 Å². The van der Waals surface area contributed by atoms with Crippen molar-refractivity contribution in [3.05, 3.63) is 0 Å². The summed E-state index contributed by atoms with van der Waals surface area (Å²) in [6.07, 6.45) is -5.24. The van der Waals surface area contributed by atoms with Gasteiger partial charge in [0.15, 0.2) is 0 Å². The average molecular weight is 140 g/mol. The molecule has 0 fully saturated rings. The zero-order valence-electron chi connectivity index (χ0n) is 3.79. The standard InChI is InChI=1S/C4H3F3S/c5-4(6,7)2-1-3-8/h8H,2H2. The average Bonchev–Trinajstić information content (AvgIpc) is 1.59. The van der Waals surface area contributed by atoms with E-state index in [1.807, 2.05) is 5.25 Å². The molecule has 0 unspecified atom stereocenters. The molecule has 0 N–H and O–H groups in total. The number of halogens is 3. The fourth-order valence-electron chi connectivity index (χ4n) is 0.140. The Hall–Kier alpha value is -0.300. The van der Waals surface area contributed by atoms with Gasteiger partial charge >= 0.3 is 6.18 Å². The first-order valence-electron chi connectivity index (χ1n) is 1.75. The van der Waals surface area contributed by atoms with Gasteiger partial charge in [0.2, 0.25) is 0 Å². The van der Waals surface area contributed by atoms with E-state index in [9.17, 15) is 13.2 Å². The highest BCUT2D eigenvalue weighted by Crippen LogP contribution is 2.17. The molecule has 0 saturated heterocycles. The van der Waals surface area contributed by atoms with Crippen LogP contribution in [0.25, 0.3) is 0 Å². The van der Waals surface area contributed by atoms with E-state index in [0.717, 1.165) is 0 Å². The summed E-state index contributed by atoms with van der Waals surface area (Å²) in [5.41, 5.74) is 0. The molecule has 0 aliphatic carbocycles. The highest BCUT2D eigenvalue weighted by molar-refractivity contribution is 7.85. The van der Waals surface area contributed by atoms with Gasteiger partial charge in [0.05, 0.1) is 0 Å². The van der Waals surface area contributed by atoms with Crippen molar-refractivity contribution in [1.82, 2.24) is 0 Å². The van der Waals surface area contributed by atoms with Crippen molar-refractivity contribution in [3.63, 3.8) is 0 Å². The fraction of sp³-hybridized carbons (Fsp3) is 0.500. The van der Waals surface area contributed by atoms with Crippen LogP contribution in [0.2, 0.25) is 0 Å². The van der Waals surface area contributed by atoms with Gasteiger partial charge in [0, 0.05) is 0 Å². The van der Waals surface area contributed by atoms with Gasteiger partial charge in [-0.05, 0) is 5.25 Å². The van der Waals surface area contributed by atoms with Crippen LogP contribution in [-0.2, 0) is 0 Å². The minimum absolute atomic E-state index is 1.07. The van der Waals surface area contributed by atoms with Crippen LogP contribution < -0.4 is 0 Å². The molecule has 4 heteroatoms. The predicted octanol–water partition coefficient (Wildman–Crippen LogP) is 1.83. The molecule has 0 aromatic carbocycles. The van der Waals surface area contributed by atoms with Gasteiger partial charge in [-0.1, -0.05) is 18.5 Å². The zero-order chi connectivity index (χ0) is 6.62. The molecule has 0 aromatic heterocycles. The molecular formula is C4H3F3S. The number of hydrogen-bond donors (Lipinski definition) is 1. The van der Waals surface area contributed by atoms with Gasteiger partial charge in [-0.25, -0.2) is 0 Å². The molecule has 0 heterocycles. The van der Waals surface area contributed by atoms with E-state index >= 15 is 0 Å². The van der Waals surface area contributed by atoms with Gasteiger partial charge in [-0.3, -0.25) is 0 Å². The van der Waals surface area contributed by atoms with Crippen molar-refractivity contribution < 1.29 is 13.2 Å². The number of alkyl halides is 3. The highest BCUT2D eigenvalue weighted by Gasteiger charge is 2.24. The molecule has 0 rings (SSSR count). The summed E-state index contributed by atoms with van der Waals surface area (Å²) in [6.45, 7) is 0. The summed E-state index contributed by atoms with van der Waals surface area (Å²) >= 11 is 3.27. The SMILES string of the molecule is FC(F)(F)CC#CS. The van der Waals surface area contributed by atoms with Gasteiger partial charge in [-0.15, -0.1) is 0 Å². The first kappa shape index (κ1) is 7.70. The Morgan fingerprint density at radius 1 is 1.38 bits per heavy atom. The lowest BCUT2D eigenvalue weighted by atomic mass is 10.4. The van der Waals surface area contributed by atoms with Gasteiger partial charge in [-0.2, -0.15) is 13.2 Å². The van der Waals surface area contributed by atoms with E-state index in [1.54, 1.807) is 5.92 Å². The molecule has 0 aliphatic rings. The topological polar surface area (TPSA) is 0 Å². The predicted molar refractivity (Wildman–Crippen MR) is 27.4 cm³/mol. The lowest BCUT2D eigenvalue weighted by Gasteiger charge is -1.96. The number of rotatable bonds is 0. The van der Waals surface area contributed by atoms with Gasteiger partial charge in [0.25, 0.3) is 0 Å². The van der Waals surface area contributed by atoms with Crippen LogP contribution in [0.15, 0.2) is 0 Å². The highest BCUT2D eigenvalue weighted by atomic mass is 32.1. The number of hydrogen-bond acceptors (Lipinski definition) is 1. The maximum atomic E-state index is 11.1. The molecule has 0 spiro atoms. The normalized spacial score (nSPS) is 10.0. The smallest absolute Gasteiger partial charge is 0.170 e. The van der Waals surface area contributed by atoms with Crippen LogP contribution in [0.3, 0.4) is 0 Å². The second-order valence-electron chi connectivity index (χ2n) is 1.08. The minimum atomic E-state index is -4.17. The van der Waals surface area contributed by atoms with Crippen molar-refractivity contribution in [2.24, 2.45) is 0 Å². The Morgan fingerprint density at radius 2 is 1.88 bits per heavy atom. The Kier molecular flexibility index (Phi) is 2.77. The van der Waals surface area contributed by atoms with E-state index in [0.29, 0.717) is 0 Å². The maximum Gasteiger partial charge on any atom is 0.399 e. The maximum absolute atomic E-state index is 11.1. The largest absolute Gasteiger partial charge is 0.399 e. The summed E-state index contributed by atoms with van der Waals surface area (Å²) in [4.78, 5) is 0. The molecule has 0 atom stereocenters.